The zero-order valence-corrected chi connectivity index (χ0v) is 12.6. The summed E-state index contributed by atoms with van der Waals surface area (Å²) in [6.45, 7) is 2.22. The van der Waals surface area contributed by atoms with Gasteiger partial charge in [-0.3, -0.25) is 0 Å². The zero-order chi connectivity index (χ0) is 13.9. The van der Waals surface area contributed by atoms with Crippen LogP contribution in [0.5, 0.6) is 0 Å². The first-order valence-corrected chi connectivity index (χ1v) is 8.27. The van der Waals surface area contributed by atoms with Crippen LogP contribution >= 0.6 is 11.8 Å². The van der Waals surface area contributed by atoms with Gasteiger partial charge in [-0.2, -0.15) is 0 Å². The van der Waals surface area contributed by atoms with Crippen LogP contribution in [0.4, 0.5) is 4.39 Å². The van der Waals surface area contributed by atoms with Crippen LogP contribution in [0.2, 0.25) is 0 Å². The van der Waals surface area contributed by atoms with Crippen molar-refractivity contribution in [3.63, 3.8) is 0 Å². The molecule has 1 nitrogen and oxygen atoms in total. The minimum atomic E-state index is -0.278. The fourth-order valence-corrected chi connectivity index (χ4v) is 2.92. The summed E-state index contributed by atoms with van der Waals surface area (Å²) >= 11 is 1.52. The van der Waals surface area contributed by atoms with E-state index in [0.29, 0.717) is 5.75 Å². The van der Waals surface area contributed by atoms with Crippen molar-refractivity contribution in [3.05, 3.63) is 30.1 Å². The van der Waals surface area contributed by atoms with E-state index in [1.54, 1.807) is 6.07 Å². The van der Waals surface area contributed by atoms with E-state index in [9.17, 15) is 9.50 Å². The number of hydrogen-bond acceptors (Lipinski definition) is 2. The molecule has 0 saturated carbocycles. The number of hydrogen-bond donors (Lipinski definition) is 1. The third kappa shape index (κ3) is 8.27. The van der Waals surface area contributed by atoms with E-state index in [1.165, 1.54) is 56.0 Å². The standard InChI is InChI=1S/C16H25FOS/c1-2-3-4-5-6-7-10-15(18)13-19-16-11-8-9-14(17)12-16/h8-9,11-12,15,18H,2-7,10,13H2,1H3. The Hall–Kier alpha value is -0.540. The Morgan fingerprint density at radius 2 is 1.89 bits per heavy atom. The number of benzene rings is 1. The van der Waals surface area contributed by atoms with Crippen LogP contribution in [0.3, 0.4) is 0 Å². The number of halogens is 1. The van der Waals surface area contributed by atoms with Crippen LogP contribution in [0.15, 0.2) is 29.2 Å². The van der Waals surface area contributed by atoms with Gasteiger partial charge >= 0.3 is 0 Å². The van der Waals surface area contributed by atoms with Crippen molar-refractivity contribution < 1.29 is 9.50 Å². The molecule has 0 bridgehead atoms. The lowest BCUT2D eigenvalue weighted by Gasteiger charge is -2.10. The Labute approximate surface area is 120 Å². The Balaban J connectivity index is 2.06. The molecular weight excluding hydrogens is 259 g/mol. The largest absolute Gasteiger partial charge is 0.392 e. The molecule has 108 valence electrons. The van der Waals surface area contributed by atoms with E-state index in [-0.39, 0.29) is 11.9 Å². The molecule has 0 heterocycles. The van der Waals surface area contributed by atoms with Gasteiger partial charge < -0.3 is 5.11 Å². The fraction of sp³-hybridized carbons (Fsp3) is 0.625. The Morgan fingerprint density at radius 1 is 1.16 bits per heavy atom. The quantitative estimate of drug-likeness (QED) is 0.480. The first-order chi connectivity index (χ1) is 9.22. The molecule has 0 radical (unpaired) electrons. The summed E-state index contributed by atoms with van der Waals surface area (Å²) in [4.78, 5) is 0.891. The molecule has 1 atom stereocenters. The summed E-state index contributed by atoms with van der Waals surface area (Å²) in [6.07, 6.45) is 8.05. The maximum atomic E-state index is 13.0. The molecular formula is C16H25FOS. The van der Waals surface area contributed by atoms with Crippen molar-refractivity contribution >= 4 is 11.8 Å². The average Bonchev–Trinajstić information content (AvgIpc) is 2.40. The van der Waals surface area contributed by atoms with E-state index in [0.717, 1.165) is 17.7 Å². The SMILES string of the molecule is CCCCCCCCC(O)CSc1cccc(F)c1. The molecule has 0 fully saturated rings. The summed E-state index contributed by atoms with van der Waals surface area (Å²) in [5.41, 5.74) is 0. The number of thioether (sulfide) groups is 1. The summed E-state index contributed by atoms with van der Waals surface area (Å²) in [5, 5.41) is 9.87. The van der Waals surface area contributed by atoms with Gasteiger partial charge in [-0.15, -0.1) is 11.8 Å². The van der Waals surface area contributed by atoms with Crippen molar-refractivity contribution in [2.24, 2.45) is 0 Å². The first-order valence-electron chi connectivity index (χ1n) is 7.28. The molecule has 0 aliphatic heterocycles. The highest BCUT2D eigenvalue weighted by molar-refractivity contribution is 7.99. The monoisotopic (exact) mass is 284 g/mol. The number of aliphatic hydroxyl groups excluding tert-OH is 1. The molecule has 1 unspecified atom stereocenters. The van der Waals surface area contributed by atoms with Crippen molar-refractivity contribution in [1.82, 2.24) is 0 Å². The number of rotatable bonds is 10. The molecule has 1 N–H and O–H groups in total. The van der Waals surface area contributed by atoms with Crippen molar-refractivity contribution in [2.45, 2.75) is 62.9 Å². The maximum absolute atomic E-state index is 13.0. The van der Waals surface area contributed by atoms with Crippen LogP contribution in [-0.2, 0) is 0 Å². The average molecular weight is 284 g/mol. The molecule has 0 amide bonds. The van der Waals surface area contributed by atoms with Crippen LogP contribution in [0.1, 0.15) is 51.9 Å². The van der Waals surface area contributed by atoms with E-state index >= 15 is 0 Å². The van der Waals surface area contributed by atoms with E-state index in [1.807, 2.05) is 6.07 Å². The summed E-state index contributed by atoms with van der Waals surface area (Å²) < 4.78 is 13.0. The van der Waals surface area contributed by atoms with Gasteiger partial charge in [-0.05, 0) is 24.6 Å². The molecule has 1 aromatic rings. The van der Waals surface area contributed by atoms with Crippen LogP contribution in [0, 0.1) is 5.82 Å². The number of aliphatic hydroxyl groups is 1. The van der Waals surface area contributed by atoms with Gasteiger partial charge in [0, 0.05) is 10.6 Å². The lowest BCUT2D eigenvalue weighted by molar-refractivity contribution is 0.185. The Bertz CT molecular complexity index is 343. The highest BCUT2D eigenvalue weighted by Crippen LogP contribution is 2.21. The molecule has 0 aromatic heterocycles. The van der Waals surface area contributed by atoms with Crippen LogP contribution < -0.4 is 0 Å². The third-order valence-electron chi connectivity index (χ3n) is 3.13. The molecule has 1 rings (SSSR count). The fourth-order valence-electron chi connectivity index (χ4n) is 1.99. The van der Waals surface area contributed by atoms with Gasteiger partial charge in [0.25, 0.3) is 0 Å². The highest BCUT2D eigenvalue weighted by atomic mass is 32.2. The van der Waals surface area contributed by atoms with Gasteiger partial charge in [-0.25, -0.2) is 4.39 Å². The van der Waals surface area contributed by atoms with Crippen LogP contribution in [0.25, 0.3) is 0 Å². The van der Waals surface area contributed by atoms with Gasteiger partial charge in [0.1, 0.15) is 5.82 Å². The maximum Gasteiger partial charge on any atom is 0.124 e. The minimum absolute atomic E-state index is 0.213. The first kappa shape index (κ1) is 16.5. The van der Waals surface area contributed by atoms with Crippen molar-refractivity contribution in [3.8, 4) is 0 Å². The molecule has 0 aliphatic rings. The van der Waals surface area contributed by atoms with Gasteiger partial charge in [-0.1, -0.05) is 51.5 Å². The highest BCUT2D eigenvalue weighted by Gasteiger charge is 2.05. The Morgan fingerprint density at radius 3 is 2.63 bits per heavy atom. The smallest absolute Gasteiger partial charge is 0.124 e. The van der Waals surface area contributed by atoms with Crippen molar-refractivity contribution in [2.75, 3.05) is 5.75 Å². The zero-order valence-electron chi connectivity index (χ0n) is 11.8. The molecule has 1 aromatic carbocycles. The second-order valence-electron chi connectivity index (χ2n) is 4.98. The summed E-state index contributed by atoms with van der Waals surface area (Å²) in [5.74, 6) is 0.439. The van der Waals surface area contributed by atoms with Gasteiger partial charge in [0.2, 0.25) is 0 Å². The lowest BCUT2D eigenvalue weighted by atomic mass is 10.1. The number of unbranched alkanes of at least 4 members (excludes halogenated alkanes) is 5. The molecule has 19 heavy (non-hydrogen) atoms. The second kappa shape index (κ2) is 10.3. The molecule has 0 saturated heterocycles. The molecule has 0 aliphatic carbocycles. The van der Waals surface area contributed by atoms with Gasteiger partial charge in [0.15, 0.2) is 0 Å². The molecule has 3 heteroatoms. The second-order valence-corrected chi connectivity index (χ2v) is 6.07. The van der Waals surface area contributed by atoms with E-state index in [4.69, 9.17) is 0 Å². The predicted octanol–water partition coefficient (Wildman–Crippen LogP) is 5.03. The topological polar surface area (TPSA) is 20.2 Å². The van der Waals surface area contributed by atoms with E-state index in [2.05, 4.69) is 6.92 Å². The van der Waals surface area contributed by atoms with Crippen LogP contribution in [-0.4, -0.2) is 17.0 Å². The Kier molecular flexibility index (Phi) is 8.93. The van der Waals surface area contributed by atoms with E-state index < -0.39 is 0 Å². The molecule has 0 spiro atoms. The summed E-state index contributed by atoms with van der Waals surface area (Å²) in [7, 11) is 0. The minimum Gasteiger partial charge on any atom is -0.392 e. The normalized spacial score (nSPS) is 12.6. The summed E-state index contributed by atoms with van der Waals surface area (Å²) in [6, 6.07) is 6.54. The van der Waals surface area contributed by atoms with Gasteiger partial charge in [0.05, 0.1) is 6.10 Å². The third-order valence-corrected chi connectivity index (χ3v) is 4.27. The lowest BCUT2D eigenvalue weighted by Crippen LogP contribution is -2.09. The predicted molar refractivity (Wildman–Crippen MR) is 81.1 cm³/mol. The van der Waals surface area contributed by atoms with Crippen molar-refractivity contribution in [1.29, 1.82) is 0 Å².